The summed E-state index contributed by atoms with van der Waals surface area (Å²) in [6.07, 6.45) is 2.40. The first kappa shape index (κ1) is 14.1. The minimum atomic E-state index is 0.207. The molecule has 2 rings (SSSR count). The second-order valence-corrected chi connectivity index (χ2v) is 5.64. The molecule has 0 aromatic heterocycles. The van der Waals surface area contributed by atoms with Crippen molar-refractivity contribution in [1.82, 2.24) is 5.32 Å². The molecule has 1 aromatic carbocycles. The van der Waals surface area contributed by atoms with Crippen LogP contribution in [0.15, 0.2) is 18.2 Å². The van der Waals surface area contributed by atoms with Crippen molar-refractivity contribution in [2.75, 3.05) is 19.8 Å². The Morgan fingerprint density at radius 2 is 2.28 bits per heavy atom. The van der Waals surface area contributed by atoms with Gasteiger partial charge in [0.2, 0.25) is 0 Å². The van der Waals surface area contributed by atoms with Crippen LogP contribution in [0.2, 0.25) is 10.0 Å². The number of ether oxygens (including phenoxy) is 1. The largest absolute Gasteiger partial charge is 0.381 e. The quantitative estimate of drug-likeness (QED) is 0.901. The van der Waals surface area contributed by atoms with Crippen LogP contribution in [0.5, 0.6) is 0 Å². The topological polar surface area (TPSA) is 21.3 Å². The van der Waals surface area contributed by atoms with Gasteiger partial charge in [0.05, 0.1) is 16.7 Å². The third-order valence-electron chi connectivity index (χ3n) is 3.42. The number of rotatable bonds is 4. The van der Waals surface area contributed by atoms with E-state index in [1.807, 2.05) is 18.2 Å². The average molecular weight is 288 g/mol. The molecule has 18 heavy (non-hydrogen) atoms. The predicted octanol–water partition coefficient (Wildman–Crippen LogP) is 4.07. The molecule has 0 bridgehead atoms. The highest BCUT2D eigenvalue weighted by Crippen LogP contribution is 2.29. The zero-order chi connectivity index (χ0) is 13.0. The molecule has 2 nitrogen and oxygen atoms in total. The van der Waals surface area contributed by atoms with E-state index in [9.17, 15) is 0 Å². The maximum absolute atomic E-state index is 6.21. The van der Waals surface area contributed by atoms with Crippen LogP contribution in [-0.4, -0.2) is 19.8 Å². The summed E-state index contributed by atoms with van der Waals surface area (Å²) in [6.45, 7) is 4.85. The van der Waals surface area contributed by atoms with Gasteiger partial charge in [-0.05, 0) is 37.3 Å². The van der Waals surface area contributed by atoms with E-state index in [1.165, 1.54) is 12.8 Å². The fourth-order valence-electron chi connectivity index (χ4n) is 2.28. The number of nitrogens with one attached hydrogen (secondary N) is 1. The van der Waals surface area contributed by atoms with Crippen molar-refractivity contribution < 1.29 is 4.74 Å². The van der Waals surface area contributed by atoms with Crippen LogP contribution < -0.4 is 5.32 Å². The molecule has 0 amide bonds. The van der Waals surface area contributed by atoms with Crippen molar-refractivity contribution in [3.8, 4) is 0 Å². The lowest BCUT2D eigenvalue weighted by atomic mass is 10.0. The minimum absolute atomic E-state index is 0.207. The predicted molar refractivity (Wildman–Crippen MR) is 76.4 cm³/mol. The standard InChI is InChI=1S/C14H19Cl2NO/c1-10(12-5-2-6-13(15)14(12)16)17-8-11-4-3-7-18-9-11/h2,5-6,10-11,17H,3-4,7-9H2,1H3. The molecular formula is C14H19Cl2NO. The molecule has 1 fully saturated rings. The second kappa shape index (κ2) is 6.76. The Morgan fingerprint density at radius 3 is 3.00 bits per heavy atom. The fourth-order valence-corrected chi connectivity index (χ4v) is 2.75. The van der Waals surface area contributed by atoms with Crippen molar-refractivity contribution in [2.24, 2.45) is 5.92 Å². The molecule has 4 heteroatoms. The minimum Gasteiger partial charge on any atom is -0.381 e. The molecule has 100 valence electrons. The molecular weight excluding hydrogens is 269 g/mol. The summed E-state index contributed by atoms with van der Waals surface area (Å²) in [5.41, 5.74) is 1.06. The van der Waals surface area contributed by atoms with E-state index in [0.29, 0.717) is 16.0 Å². The molecule has 1 aliphatic rings. The summed E-state index contributed by atoms with van der Waals surface area (Å²) in [4.78, 5) is 0. The van der Waals surface area contributed by atoms with E-state index in [1.54, 1.807) is 0 Å². The number of halogens is 2. The molecule has 2 atom stereocenters. The van der Waals surface area contributed by atoms with Crippen molar-refractivity contribution in [3.63, 3.8) is 0 Å². The van der Waals surface area contributed by atoms with Gasteiger partial charge in [-0.1, -0.05) is 35.3 Å². The van der Waals surface area contributed by atoms with E-state index < -0.39 is 0 Å². The summed E-state index contributed by atoms with van der Waals surface area (Å²) in [7, 11) is 0. The molecule has 0 saturated carbocycles. The van der Waals surface area contributed by atoms with Gasteiger partial charge in [-0.2, -0.15) is 0 Å². The lowest BCUT2D eigenvalue weighted by Crippen LogP contribution is -2.30. The van der Waals surface area contributed by atoms with Gasteiger partial charge in [-0.15, -0.1) is 0 Å². The van der Waals surface area contributed by atoms with E-state index >= 15 is 0 Å². The van der Waals surface area contributed by atoms with Gasteiger partial charge in [-0.25, -0.2) is 0 Å². The Bertz CT molecular complexity index is 391. The number of hydrogen-bond acceptors (Lipinski definition) is 2. The highest BCUT2D eigenvalue weighted by molar-refractivity contribution is 6.42. The van der Waals surface area contributed by atoms with Crippen LogP contribution in [0.1, 0.15) is 31.4 Å². The smallest absolute Gasteiger partial charge is 0.0639 e. The molecule has 0 radical (unpaired) electrons. The number of benzene rings is 1. The van der Waals surface area contributed by atoms with Crippen LogP contribution in [0, 0.1) is 5.92 Å². The first-order valence-electron chi connectivity index (χ1n) is 6.43. The highest BCUT2D eigenvalue weighted by atomic mass is 35.5. The zero-order valence-electron chi connectivity index (χ0n) is 10.6. The second-order valence-electron chi connectivity index (χ2n) is 4.86. The van der Waals surface area contributed by atoms with E-state index in [4.69, 9.17) is 27.9 Å². The van der Waals surface area contributed by atoms with Crippen LogP contribution in [0.4, 0.5) is 0 Å². The highest BCUT2D eigenvalue weighted by Gasteiger charge is 2.16. The Hall–Kier alpha value is -0.280. The van der Waals surface area contributed by atoms with E-state index in [2.05, 4.69) is 12.2 Å². The third kappa shape index (κ3) is 3.61. The SMILES string of the molecule is CC(NCC1CCCOC1)c1cccc(Cl)c1Cl. The Morgan fingerprint density at radius 1 is 1.44 bits per heavy atom. The van der Waals surface area contributed by atoms with Crippen molar-refractivity contribution >= 4 is 23.2 Å². The molecule has 2 unspecified atom stereocenters. The molecule has 1 aromatic rings. The van der Waals surface area contributed by atoms with Gasteiger partial charge in [0.1, 0.15) is 0 Å². The average Bonchev–Trinajstić information content (AvgIpc) is 2.40. The summed E-state index contributed by atoms with van der Waals surface area (Å²) in [5, 5.41) is 4.78. The maximum atomic E-state index is 6.21. The van der Waals surface area contributed by atoms with Gasteiger partial charge in [-0.3, -0.25) is 0 Å². The maximum Gasteiger partial charge on any atom is 0.0639 e. The third-order valence-corrected chi connectivity index (χ3v) is 4.25. The van der Waals surface area contributed by atoms with Crippen molar-refractivity contribution in [3.05, 3.63) is 33.8 Å². The van der Waals surface area contributed by atoms with Crippen LogP contribution >= 0.6 is 23.2 Å². The first-order valence-corrected chi connectivity index (χ1v) is 7.19. The Labute approximate surface area is 119 Å². The monoisotopic (exact) mass is 287 g/mol. The normalized spacial score (nSPS) is 21.8. The van der Waals surface area contributed by atoms with Gasteiger partial charge in [0.15, 0.2) is 0 Å². The Kier molecular flexibility index (Phi) is 5.31. The van der Waals surface area contributed by atoms with E-state index in [-0.39, 0.29) is 6.04 Å². The molecule has 1 saturated heterocycles. The summed E-state index contributed by atoms with van der Waals surface area (Å²) < 4.78 is 5.48. The molecule has 1 aliphatic heterocycles. The molecule has 1 N–H and O–H groups in total. The summed E-state index contributed by atoms with van der Waals surface area (Å²) >= 11 is 12.2. The molecule has 1 heterocycles. The van der Waals surface area contributed by atoms with Gasteiger partial charge in [0.25, 0.3) is 0 Å². The van der Waals surface area contributed by atoms with Crippen LogP contribution in [0.3, 0.4) is 0 Å². The van der Waals surface area contributed by atoms with Gasteiger partial charge >= 0.3 is 0 Å². The summed E-state index contributed by atoms with van der Waals surface area (Å²) in [6, 6.07) is 5.97. The molecule has 0 spiro atoms. The molecule has 0 aliphatic carbocycles. The summed E-state index contributed by atoms with van der Waals surface area (Å²) in [5.74, 6) is 0.610. The fraction of sp³-hybridized carbons (Fsp3) is 0.571. The van der Waals surface area contributed by atoms with Gasteiger partial charge in [0, 0.05) is 19.2 Å². The lowest BCUT2D eigenvalue weighted by Gasteiger charge is -2.24. The van der Waals surface area contributed by atoms with Crippen LogP contribution in [0.25, 0.3) is 0 Å². The van der Waals surface area contributed by atoms with Crippen molar-refractivity contribution in [1.29, 1.82) is 0 Å². The van der Waals surface area contributed by atoms with E-state index in [0.717, 1.165) is 25.3 Å². The number of hydrogen-bond donors (Lipinski definition) is 1. The first-order chi connectivity index (χ1) is 8.68. The zero-order valence-corrected chi connectivity index (χ0v) is 12.1. The van der Waals surface area contributed by atoms with Crippen LogP contribution in [-0.2, 0) is 4.74 Å². The Balaban J connectivity index is 1.90. The lowest BCUT2D eigenvalue weighted by molar-refractivity contribution is 0.0540. The van der Waals surface area contributed by atoms with Crippen molar-refractivity contribution in [2.45, 2.75) is 25.8 Å². The van der Waals surface area contributed by atoms with Gasteiger partial charge < -0.3 is 10.1 Å².